The lowest BCUT2D eigenvalue weighted by Crippen LogP contribution is -2.21. The van der Waals surface area contributed by atoms with Crippen LogP contribution in [0.2, 0.25) is 5.02 Å². The molecule has 22 heavy (non-hydrogen) atoms. The van der Waals surface area contributed by atoms with Crippen LogP contribution < -0.4 is 5.32 Å². The first-order chi connectivity index (χ1) is 10.6. The molecular weight excluding hydrogens is 302 g/mol. The van der Waals surface area contributed by atoms with Crippen molar-refractivity contribution in [2.24, 2.45) is 0 Å². The number of carbonyl (C=O) groups excluding carboxylic acids is 1. The number of rotatable bonds is 10. The summed E-state index contributed by atoms with van der Waals surface area (Å²) in [5.41, 5.74) is 0.817. The lowest BCUT2D eigenvalue weighted by molar-refractivity contribution is -0.137. The van der Waals surface area contributed by atoms with Gasteiger partial charge < -0.3 is 10.4 Å². The fourth-order valence-electron chi connectivity index (χ4n) is 1.98. The van der Waals surface area contributed by atoms with Gasteiger partial charge in [0.2, 0.25) is 5.91 Å². The van der Waals surface area contributed by atoms with Crippen LogP contribution in [0, 0.1) is 0 Å². The summed E-state index contributed by atoms with van der Waals surface area (Å²) < 4.78 is 0. The number of hydrogen-bond donors (Lipinski definition) is 2. The Balaban J connectivity index is 2.09. The molecule has 2 N–H and O–H groups in total. The average Bonchev–Trinajstić information content (AvgIpc) is 2.49. The number of benzene rings is 1. The maximum atomic E-state index is 11.6. The Kier molecular flexibility index (Phi) is 9.00. The number of halogens is 1. The molecule has 0 fully saturated rings. The molecular formula is C17H22ClNO3. The van der Waals surface area contributed by atoms with E-state index >= 15 is 0 Å². The summed E-state index contributed by atoms with van der Waals surface area (Å²) >= 11 is 5.99. The predicted molar refractivity (Wildman–Crippen MR) is 88.8 cm³/mol. The molecule has 0 radical (unpaired) electrons. The van der Waals surface area contributed by atoms with E-state index in [0.717, 1.165) is 37.7 Å². The zero-order valence-corrected chi connectivity index (χ0v) is 13.3. The zero-order valence-electron chi connectivity index (χ0n) is 12.6. The molecule has 1 amide bonds. The third-order valence-corrected chi connectivity index (χ3v) is 3.53. The highest BCUT2D eigenvalue weighted by Gasteiger charge is 1.99. The molecule has 120 valence electrons. The molecule has 1 rings (SSSR count). The number of aliphatic carboxylic acids is 1. The Morgan fingerprint density at radius 2 is 1.77 bits per heavy atom. The number of carboxylic acids is 1. The van der Waals surface area contributed by atoms with Gasteiger partial charge in [0.15, 0.2) is 0 Å². The highest BCUT2D eigenvalue weighted by atomic mass is 35.5. The Morgan fingerprint density at radius 1 is 1.09 bits per heavy atom. The van der Waals surface area contributed by atoms with Crippen molar-refractivity contribution in [3.8, 4) is 0 Å². The van der Waals surface area contributed by atoms with Gasteiger partial charge in [0, 0.05) is 24.1 Å². The molecule has 1 aromatic rings. The second-order valence-corrected chi connectivity index (χ2v) is 5.46. The normalized spacial score (nSPS) is 10.8. The van der Waals surface area contributed by atoms with E-state index in [1.165, 1.54) is 6.08 Å². The summed E-state index contributed by atoms with van der Waals surface area (Å²) in [6.07, 6.45) is 7.96. The standard InChI is InChI=1S/C17H22ClNO3/c18-15-9-6-5-8-14(15)11-12-16(20)19-13-7-3-1-2-4-10-17(21)22/h5-6,8-9,11-12H,1-4,7,10,13H2,(H,19,20)(H,21,22). The van der Waals surface area contributed by atoms with Crippen LogP contribution in [-0.4, -0.2) is 23.5 Å². The fraction of sp³-hybridized carbons (Fsp3) is 0.412. The quantitative estimate of drug-likeness (QED) is 0.507. The largest absolute Gasteiger partial charge is 0.481 e. The molecule has 0 unspecified atom stereocenters. The minimum atomic E-state index is -0.738. The van der Waals surface area contributed by atoms with Crippen molar-refractivity contribution in [2.75, 3.05) is 6.54 Å². The van der Waals surface area contributed by atoms with Crippen LogP contribution in [0.1, 0.15) is 44.1 Å². The third kappa shape index (κ3) is 8.47. The van der Waals surface area contributed by atoms with E-state index in [2.05, 4.69) is 5.32 Å². The third-order valence-electron chi connectivity index (χ3n) is 3.19. The van der Waals surface area contributed by atoms with Crippen molar-refractivity contribution in [1.29, 1.82) is 0 Å². The molecule has 0 spiro atoms. The van der Waals surface area contributed by atoms with E-state index in [1.54, 1.807) is 12.1 Å². The minimum Gasteiger partial charge on any atom is -0.481 e. The number of carbonyl (C=O) groups is 2. The lowest BCUT2D eigenvalue weighted by Gasteiger charge is -2.02. The van der Waals surface area contributed by atoms with Gasteiger partial charge in [-0.2, -0.15) is 0 Å². The summed E-state index contributed by atoms with van der Waals surface area (Å²) in [4.78, 5) is 22.0. The highest BCUT2D eigenvalue weighted by molar-refractivity contribution is 6.32. The second kappa shape index (κ2) is 10.9. The number of unbranched alkanes of at least 4 members (excludes halogenated alkanes) is 4. The minimum absolute atomic E-state index is 0.134. The molecule has 0 saturated heterocycles. The Hall–Kier alpha value is -1.81. The summed E-state index contributed by atoms with van der Waals surface area (Å²) in [7, 11) is 0. The second-order valence-electron chi connectivity index (χ2n) is 5.06. The number of hydrogen-bond acceptors (Lipinski definition) is 2. The monoisotopic (exact) mass is 323 g/mol. The van der Waals surface area contributed by atoms with E-state index in [-0.39, 0.29) is 12.3 Å². The summed E-state index contributed by atoms with van der Waals surface area (Å²) in [6.45, 7) is 0.630. The zero-order chi connectivity index (χ0) is 16.2. The van der Waals surface area contributed by atoms with Gasteiger partial charge in [0.25, 0.3) is 0 Å². The van der Waals surface area contributed by atoms with E-state index in [4.69, 9.17) is 16.7 Å². The van der Waals surface area contributed by atoms with Crippen LogP contribution in [0.15, 0.2) is 30.3 Å². The highest BCUT2D eigenvalue weighted by Crippen LogP contribution is 2.15. The molecule has 0 aliphatic carbocycles. The first-order valence-electron chi connectivity index (χ1n) is 7.52. The predicted octanol–water partition coefficient (Wildman–Crippen LogP) is 3.89. The molecule has 0 heterocycles. The summed E-state index contributed by atoms with van der Waals surface area (Å²) in [5.74, 6) is -0.872. The fourth-order valence-corrected chi connectivity index (χ4v) is 2.18. The van der Waals surface area contributed by atoms with Crippen LogP contribution in [0.4, 0.5) is 0 Å². The lowest BCUT2D eigenvalue weighted by atomic mass is 10.1. The van der Waals surface area contributed by atoms with Gasteiger partial charge in [0.05, 0.1) is 0 Å². The average molecular weight is 324 g/mol. The molecule has 5 heteroatoms. The summed E-state index contributed by atoms with van der Waals surface area (Å²) in [6, 6.07) is 7.34. The maximum Gasteiger partial charge on any atom is 0.303 e. The van der Waals surface area contributed by atoms with Crippen LogP contribution in [0.25, 0.3) is 6.08 Å². The van der Waals surface area contributed by atoms with Gasteiger partial charge >= 0.3 is 5.97 Å². The van der Waals surface area contributed by atoms with Crippen molar-refractivity contribution in [3.63, 3.8) is 0 Å². The molecule has 0 aromatic heterocycles. The van der Waals surface area contributed by atoms with Crippen LogP contribution in [-0.2, 0) is 9.59 Å². The number of nitrogens with one attached hydrogen (secondary N) is 1. The van der Waals surface area contributed by atoms with Crippen molar-refractivity contribution in [1.82, 2.24) is 5.32 Å². The Labute approximate surface area is 136 Å². The SMILES string of the molecule is O=C(O)CCCCCCCNC(=O)C=Cc1ccccc1Cl. The molecule has 1 aromatic carbocycles. The van der Waals surface area contributed by atoms with Gasteiger partial charge in [-0.1, -0.05) is 49.1 Å². The van der Waals surface area contributed by atoms with E-state index in [0.29, 0.717) is 11.6 Å². The van der Waals surface area contributed by atoms with E-state index < -0.39 is 5.97 Å². The topological polar surface area (TPSA) is 66.4 Å². The van der Waals surface area contributed by atoms with Crippen LogP contribution in [0.3, 0.4) is 0 Å². The van der Waals surface area contributed by atoms with Crippen molar-refractivity contribution < 1.29 is 14.7 Å². The van der Waals surface area contributed by atoms with Gasteiger partial charge in [0.1, 0.15) is 0 Å². The maximum absolute atomic E-state index is 11.6. The Bertz CT molecular complexity index is 514. The molecule has 0 aliphatic heterocycles. The number of carboxylic acid groups (broad SMARTS) is 1. The van der Waals surface area contributed by atoms with Gasteiger partial charge in [-0.05, 0) is 30.5 Å². The van der Waals surface area contributed by atoms with Crippen LogP contribution in [0.5, 0.6) is 0 Å². The van der Waals surface area contributed by atoms with Crippen molar-refractivity contribution in [3.05, 3.63) is 40.9 Å². The first kappa shape index (κ1) is 18.2. The first-order valence-corrected chi connectivity index (χ1v) is 7.89. The van der Waals surface area contributed by atoms with Crippen molar-refractivity contribution >= 4 is 29.6 Å². The summed E-state index contributed by atoms with van der Waals surface area (Å²) in [5, 5.41) is 11.9. The molecule has 0 aliphatic rings. The van der Waals surface area contributed by atoms with Gasteiger partial charge in [-0.15, -0.1) is 0 Å². The van der Waals surface area contributed by atoms with Gasteiger partial charge in [-0.3, -0.25) is 9.59 Å². The Morgan fingerprint density at radius 3 is 2.50 bits per heavy atom. The molecule has 4 nitrogen and oxygen atoms in total. The van der Waals surface area contributed by atoms with Crippen molar-refractivity contribution in [2.45, 2.75) is 38.5 Å². The smallest absolute Gasteiger partial charge is 0.303 e. The number of amides is 1. The van der Waals surface area contributed by atoms with E-state index in [9.17, 15) is 9.59 Å². The molecule has 0 atom stereocenters. The molecule has 0 saturated carbocycles. The van der Waals surface area contributed by atoms with Gasteiger partial charge in [-0.25, -0.2) is 0 Å². The van der Waals surface area contributed by atoms with E-state index in [1.807, 2.05) is 18.2 Å². The van der Waals surface area contributed by atoms with Crippen LogP contribution >= 0.6 is 11.6 Å². The molecule has 0 bridgehead atoms.